The molecule has 1 saturated carbocycles. The molecule has 4 rings (SSSR count). The van der Waals surface area contributed by atoms with E-state index >= 15 is 0 Å². The van der Waals surface area contributed by atoms with Gasteiger partial charge in [-0.2, -0.15) is 5.10 Å². The molecule has 2 aromatic rings. The molecule has 0 spiro atoms. The molecule has 0 bridgehead atoms. The summed E-state index contributed by atoms with van der Waals surface area (Å²) >= 11 is 0. The standard InChI is InChI=1S/C22H30N4O/c1-25-15-19(14-24-25)22-18(12-21(27)26(22)2)13-23-20-10-6-9-17(20)11-16-7-4-3-5-8-16/h3-5,7-8,14-15,17-18,20,22-23H,6,9-13H2,1-2H3/t17?,18-,20?,22+/m0/s1. The zero-order chi connectivity index (χ0) is 18.8. The number of nitrogens with one attached hydrogen (secondary N) is 1. The minimum atomic E-state index is 0.132. The Bertz CT molecular complexity index is 772. The van der Waals surface area contributed by atoms with E-state index in [0.29, 0.717) is 24.3 Å². The molecule has 1 aliphatic heterocycles. The lowest BCUT2D eigenvalue weighted by Crippen LogP contribution is -2.38. The van der Waals surface area contributed by atoms with Gasteiger partial charge < -0.3 is 10.2 Å². The lowest BCUT2D eigenvalue weighted by molar-refractivity contribution is -0.127. The van der Waals surface area contributed by atoms with Crippen molar-refractivity contribution in [2.75, 3.05) is 13.6 Å². The number of hydrogen-bond donors (Lipinski definition) is 1. The Kier molecular flexibility index (Phi) is 5.30. The molecule has 1 aromatic carbocycles. The highest BCUT2D eigenvalue weighted by molar-refractivity contribution is 5.79. The average molecular weight is 367 g/mol. The first kappa shape index (κ1) is 18.2. The second-order valence-corrected chi connectivity index (χ2v) is 8.26. The predicted molar refractivity (Wildman–Crippen MR) is 106 cm³/mol. The van der Waals surface area contributed by atoms with Crippen molar-refractivity contribution in [1.29, 1.82) is 0 Å². The minimum Gasteiger partial charge on any atom is -0.338 e. The Labute approximate surface area is 161 Å². The van der Waals surface area contributed by atoms with Crippen LogP contribution in [0.3, 0.4) is 0 Å². The van der Waals surface area contributed by atoms with E-state index in [-0.39, 0.29) is 11.9 Å². The lowest BCUT2D eigenvalue weighted by atomic mass is 9.92. The van der Waals surface area contributed by atoms with Crippen molar-refractivity contribution in [3.8, 4) is 0 Å². The zero-order valence-corrected chi connectivity index (χ0v) is 16.3. The van der Waals surface area contributed by atoms with Crippen molar-refractivity contribution in [2.24, 2.45) is 18.9 Å². The van der Waals surface area contributed by atoms with E-state index in [2.05, 4.69) is 40.7 Å². The molecule has 2 fully saturated rings. The largest absolute Gasteiger partial charge is 0.338 e. The second-order valence-electron chi connectivity index (χ2n) is 8.26. The summed E-state index contributed by atoms with van der Waals surface area (Å²) in [4.78, 5) is 14.2. The number of nitrogens with zero attached hydrogens (tertiary/aromatic N) is 3. The van der Waals surface area contributed by atoms with E-state index in [9.17, 15) is 4.79 Å². The topological polar surface area (TPSA) is 50.2 Å². The zero-order valence-electron chi connectivity index (χ0n) is 16.3. The summed E-state index contributed by atoms with van der Waals surface area (Å²) in [7, 11) is 3.86. The minimum absolute atomic E-state index is 0.132. The summed E-state index contributed by atoms with van der Waals surface area (Å²) in [5.74, 6) is 1.24. The molecule has 1 amide bonds. The number of carbonyl (C=O) groups is 1. The maximum atomic E-state index is 12.3. The van der Waals surface area contributed by atoms with Crippen LogP contribution in [0, 0.1) is 11.8 Å². The quantitative estimate of drug-likeness (QED) is 0.855. The highest BCUT2D eigenvalue weighted by Gasteiger charge is 2.39. The molecule has 2 aliphatic rings. The number of amides is 1. The molecule has 5 heteroatoms. The van der Waals surface area contributed by atoms with Gasteiger partial charge in [0.15, 0.2) is 0 Å². The van der Waals surface area contributed by atoms with Crippen LogP contribution >= 0.6 is 0 Å². The van der Waals surface area contributed by atoms with Crippen molar-refractivity contribution in [3.63, 3.8) is 0 Å². The van der Waals surface area contributed by atoms with Crippen LogP contribution in [0.25, 0.3) is 0 Å². The van der Waals surface area contributed by atoms with E-state index < -0.39 is 0 Å². The normalized spacial score (nSPS) is 28.2. The van der Waals surface area contributed by atoms with Gasteiger partial charge in [-0.25, -0.2) is 0 Å². The molecule has 2 unspecified atom stereocenters. The summed E-state index contributed by atoms with van der Waals surface area (Å²) in [5.41, 5.74) is 2.57. The fourth-order valence-corrected chi connectivity index (χ4v) is 4.99. The fourth-order valence-electron chi connectivity index (χ4n) is 4.99. The number of aryl methyl sites for hydroxylation is 1. The number of rotatable bonds is 6. The van der Waals surface area contributed by atoms with Gasteiger partial charge in [0.05, 0.1) is 12.2 Å². The van der Waals surface area contributed by atoms with Gasteiger partial charge in [0.1, 0.15) is 0 Å². The third-order valence-corrected chi connectivity index (χ3v) is 6.40. The van der Waals surface area contributed by atoms with E-state index in [0.717, 1.165) is 18.5 Å². The van der Waals surface area contributed by atoms with Crippen LogP contribution in [0.15, 0.2) is 42.7 Å². The summed E-state index contributed by atoms with van der Waals surface area (Å²) in [6.07, 6.45) is 9.55. The molecule has 2 heterocycles. The first-order valence-electron chi connectivity index (χ1n) is 10.1. The molecule has 1 saturated heterocycles. The molecule has 1 N–H and O–H groups in total. The molecule has 5 nitrogen and oxygen atoms in total. The molecular weight excluding hydrogens is 336 g/mol. The number of aromatic nitrogens is 2. The van der Waals surface area contributed by atoms with Crippen LogP contribution in [0.2, 0.25) is 0 Å². The van der Waals surface area contributed by atoms with Crippen LogP contribution in [-0.2, 0) is 18.3 Å². The second kappa shape index (κ2) is 7.85. The van der Waals surface area contributed by atoms with Gasteiger partial charge in [0.2, 0.25) is 5.91 Å². The highest BCUT2D eigenvalue weighted by atomic mass is 16.2. The summed E-state index contributed by atoms with van der Waals surface area (Å²) in [6.45, 7) is 0.894. The van der Waals surface area contributed by atoms with Crippen LogP contribution in [0.5, 0.6) is 0 Å². The van der Waals surface area contributed by atoms with Gasteiger partial charge >= 0.3 is 0 Å². The molecule has 144 valence electrons. The molecule has 4 atom stereocenters. The van der Waals surface area contributed by atoms with Crippen molar-refractivity contribution >= 4 is 5.91 Å². The molecule has 1 aliphatic carbocycles. The Morgan fingerprint density at radius 2 is 1.96 bits per heavy atom. The van der Waals surface area contributed by atoms with Gasteiger partial charge in [0, 0.05) is 50.8 Å². The SMILES string of the molecule is CN1C(=O)C[C@@H](CNC2CCCC2Cc2ccccc2)[C@@H]1c1cnn(C)c1. The van der Waals surface area contributed by atoms with Crippen molar-refractivity contribution in [2.45, 2.75) is 44.2 Å². The maximum absolute atomic E-state index is 12.3. The van der Waals surface area contributed by atoms with E-state index in [4.69, 9.17) is 0 Å². The van der Waals surface area contributed by atoms with Crippen LogP contribution in [0.4, 0.5) is 0 Å². The lowest BCUT2D eigenvalue weighted by Gasteiger charge is -2.27. The average Bonchev–Trinajstić information content (AvgIpc) is 3.35. The van der Waals surface area contributed by atoms with Crippen LogP contribution in [-0.4, -0.2) is 40.2 Å². The Hall–Kier alpha value is -2.14. The molecule has 27 heavy (non-hydrogen) atoms. The van der Waals surface area contributed by atoms with Gasteiger partial charge in [-0.1, -0.05) is 36.8 Å². The van der Waals surface area contributed by atoms with Crippen molar-refractivity contribution in [3.05, 3.63) is 53.9 Å². The van der Waals surface area contributed by atoms with Crippen molar-refractivity contribution in [1.82, 2.24) is 20.0 Å². The highest BCUT2D eigenvalue weighted by Crippen LogP contribution is 2.37. The van der Waals surface area contributed by atoms with Gasteiger partial charge in [-0.05, 0) is 30.7 Å². The summed E-state index contributed by atoms with van der Waals surface area (Å²) < 4.78 is 1.82. The number of carbonyl (C=O) groups excluding carboxylic acids is 1. The van der Waals surface area contributed by atoms with Gasteiger partial charge in [-0.3, -0.25) is 9.48 Å². The summed E-state index contributed by atoms with van der Waals surface area (Å²) in [6, 6.07) is 11.5. The Morgan fingerprint density at radius 1 is 1.15 bits per heavy atom. The number of likely N-dealkylation sites (tertiary alicyclic amines) is 1. The monoisotopic (exact) mass is 366 g/mol. The van der Waals surface area contributed by atoms with Crippen LogP contribution < -0.4 is 5.32 Å². The maximum Gasteiger partial charge on any atom is 0.223 e. The van der Waals surface area contributed by atoms with E-state index in [1.54, 1.807) is 0 Å². The Morgan fingerprint density at radius 3 is 2.70 bits per heavy atom. The summed E-state index contributed by atoms with van der Waals surface area (Å²) in [5, 5.41) is 8.15. The first-order chi connectivity index (χ1) is 13.1. The Balaban J connectivity index is 1.40. The van der Waals surface area contributed by atoms with Crippen molar-refractivity contribution < 1.29 is 4.79 Å². The predicted octanol–water partition coefficient (Wildman–Crippen LogP) is 2.94. The first-order valence-corrected chi connectivity index (χ1v) is 10.1. The van der Waals surface area contributed by atoms with Gasteiger partial charge in [-0.15, -0.1) is 0 Å². The molecule has 1 aromatic heterocycles. The van der Waals surface area contributed by atoms with E-state index in [1.807, 2.05) is 36.1 Å². The molecular formula is C22H30N4O. The van der Waals surface area contributed by atoms with Gasteiger partial charge in [0.25, 0.3) is 0 Å². The third-order valence-electron chi connectivity index (χ3n) is 6.40. The smallest absolute Gasteiger partial charge is 0.223 e. The molecule has 0 radical (unpaired) electrons. The number of hydrogen-bond acceptors (Lipinski definition) is 3. The third kappa shape index (κ3) is 3.93. The fraction of sp³-hybridized carbons (Fsp3) is 0.545. The van der Waals surface area contributed by atoms with Crippen LogP contribution in [0.1, 0.15) is 42.9 Å². The number of benzene rings is 1. The van der Waals surface area contributed by atoms with E-state index in [1.165, 1.54) is 24.8 Å².